The molecule has 1 rings (SSSR count). The van der Waals surface area contributed by atoms with Gasteiger partial charge in [-0.2, -0.15) is 0 Å². The molecule has 1 fully saturated rings. The van der Waals surface area contributed by atoms with Crippen molar-refractivity contribution in [3.63, 3.8) is 0 Å². The highest BCUT2D eigenvalue weighted by Gasteiger charge is 2.63. The maximum atomic E-state index is 11.6. The molecule has 1 aliphatic carbocycles. The minimum Gasteiger partial charge on any atom is -0.456 e. The summed E-state index contributed by atoms with van der Waals surface area (Å²) in [7, 11) is 0. The van der Waals surface area contributed by atoms with Crippen LogP contribution in [0.5, 0.6) is 0 Å². The van der Waals surface area contributed by atoms with Crippen molar-refractivity contribution in [3.8, 4) is 0 Å². The highest BCUT2D eigenvalue weighted by molar-refractivity contribution is 14.1. The van der Waals surface area contributed by atoms with Crippen LogP contribution in [0.15, 0.2) is 12.7 Å². The molecule has 3 atom stereocenters. The van der Waals surface area contributed by atoms with Gasteiger partial charge >= 0.3 is 5.97 Å². The van der Waals surface area contributed by atoms with E-state index in [9.17, 15) is 4.79 Å². The molecule has 0 aromatic carbocycles. The van der Waals surface area contributed by atoms with E-state index in [0.717, 1.165) is 10.8 Å². The lowest BCUT2D eigenvalue weighted by Gasteiger charge is -2.47. The lowest BCUT2D eigenvalue weighted by atomic mass is 9.63. The normalized spacial score (nSPS) is 40.0. The Labute approximate surface area is 118 Å². The standard InChI is InChI=1S/C14H23IO2/c1-7-11(16)17-14(6)8-10(2)12(3,4)13(14,5)9-15/h7,10H,1,8-9H2,2-6H3. The number of hydrogen-bond acceptors (Lipinski definition) is 2. The molecule has 1 saturated carbocycles. The minimum atomic E-state index is -0.400. The van der Waals surface area contributed by atoms with Gasteiger partial charge in [0.15, 0.2) is 0 Å². The fourth-order valence-electron chi connectivity index (χ4n) is 3.02. The Bertz CT molecular complexity index is 337. The van der Waals surface area contributed by atoms with Gasteiger partial charge in [-0.05, 0) is 24.7 Å². The zero-order valence-electron chi connectivity index (χ0n) is 11.5. The van der Waals surface area contributed by atoms with Crippen molar-refractivity contribution in [1.29, 1.82) is 0 Å². The topological polar surface area (TPSA) is 26.3 Å². The summed E-state index contributed by atoms with van der Waals surface area (Å²) < 4.78 is 6.67. The van der Waals surface area contributed by atoms with Crippen LogP contribution >= 0.6 is 22.6 Å². The summed E-state index contributed by atoms with van der Waals surface area (Å²) in [6, 6.07) is 0. The molecule has 3 unspecified atom stereocenters. The van der Waals surface area contributed by atoms with Crippen molar-refractivity contribution in [2.45, 2.75) is 46.6 Å². The Morgan fingerprint density at radius 1 is 1.47 bits per heavy atom. The van der Waals surface area contributed by atoms with Crippen molar-refractivity contribution >= 4 is 28.6 Å². The van der Waals surface area contributed by atoms with Crippen LogP contribution in [0.4, 0.5) is 0 Å². The molecular weight excluding hydrogens is 327 g/mol. The quantitative estimate of drug-likeness (QED) is 0.333. The first-order valence-electron chi connectivity index (χ1n) is 6.06. The molecule has 0 aliphatic heterocycles. The Morgan fingerprint density at radius 2 is 2.00 bits per heavy atom. The van der Waals surface area contributed by atoms with Gasteiger partial charge in [0.2, 0.25) is 0 Å². The summed E-state index contributed by atoms with van der Waals surface area (Å²) >= 11 is 2.41. The first-order chi connectivity index (χ1) is 7.64. The lowest BCUT2D eigenvalue weighted by Crippen LogP contribution is -2.50. The molecule has 2 nitrogen and oxygen atoms in total. The van der Waals surface area contributed by atoms with E-state index < -0.39 is 5.60 Å². The number of ether oxygens (including phenoxy) is 1. The molecule has 98 valence electrons. The third-order valence-corrected chi connectivity index (χ3v) is 6.80. The number of rotatable bonds is 3. The van der Waals surface area contributed by atoms with Gasteiger partial charge in [0, 0.05) is 15.9 Å². The molecule has 0 heterocycles. The first-order valence-corrected chi connectivity index (χ1v) is 7.58. The van der Waals surface area contributed by atoms with Gasteiger partial charge in [-0.1, -0.05) is 56.9 Å². The fraction of sp³-hybridized carbons (Fsp3) is 0.786. The van der Waals surface area contributed by atoms with E-state index in [1.807, 2.05) is 0 Å². The maximum absolute atomic E-state index is 11.6. The maximum Gasteiger partial charge on any atom is 0.330 e. The Morgan fingerprint density at radius 3 is 2.41 bits per heavy atom. The Balaban J connectivity index is 3.16. The highest BCUT2D eigenvalue weighted by atomic mass is 127. The van der Waals surface area contributed by atoms with E-state index in [1.165, 1.54) is 6.08 Å². The number of carbonyl (C=O) groups is 1. The third-order valence-electron chi connectivity index (χ3n) is 5.28. The molecule has 0 saturated heterocycles. The van der Waals surface area contributed by atoms with E-state index in [0.29, 0.717) is 5.92 Å². The molecule has 0 aromatic rings. The zero-order valence-corrected chi connectivity index (χ0v) is 13.6. The van der Waals surface area contributed by atoms with Crippen molar-refractivity contribution < 1.29 is 9.53 Å². The predicted octanol–water partition coefficient (Wildman–Crippen LogP) is 3.98. The molecular formula is C14H23IO2. The molecule has 0 amide bonds. The first kappa shape index (κ1) is 15.0. The van der Waals surface area contributed by atoms with Crippen LogP contribution in [0.1, 0.15) is 41.0 Å². The molecule has 17 heavy (non-hydrogen) atoms. The second-order valence-corrected chi connectivity index (χ2v) is 6.91. The van der Waals surface area contributed by atoms with Gasteiger partial charge in [0.05, 0.1) is 0 Å². The molecule has 0 radical (unpaired) electrons. The fourth-order valence-corrected chi connectivity index (χ4v) is 4.81. The van der Waals surface area contributed by atoms with Crippen molar-refractivity contribution in [2.24, 2.45) is 16.7 Å². The zero-order chi connectivity index (χ0) is 13.5. The van der Waals surface area contributed by atoms with E-state index in [-0.39, 0.29) is 16.8 Å². The lowest BCUT2D eigenvalue weighted by molar-refractivity contribution is -0.165. The summed E-state index contributed by atoms with van der Waals surface area (Å²) in [4.78, 5) is 11.6. The largest absolute Gasteiger partial charge is 0.456 e. The van der Waals surface area contributed by atoms with Crippen LogP contribution in [0.3, 0.4) is 0 Å². The monoisotopic (exact) mass is 350 g/mol. The minimum absolute atomic E-state index is 0.0152. The summed E-state index contributed by atoms with van der Waals surface area (Å²) in [5, 5.41) is 0. The second kappa shape index (κ2) is 4.56. The molecule has 0 N–H and O–H groups in total. The summed E-state index contributed by atoms with van der Waals surface area (Å²) in [6.07, 6.45) is 2.17. The average molecular weight is 350 g/mol. The number of esters is 1. The predicted molar refractivity (Wildman–Crippen MR) is 79.3 cm³/mol. The van der Waals surface area contributed by atoms with Gasteiger partial charge in [0.1, 0.15) is 5.60 Å². The Kier molecular flexibility index (Phi) is 4.02. The van der Waals surface area contributed by atoms with Gasteiger partial charge in [-0.15, -0.1) is 0 Å². The van der Waals surface area contributed by atoms with E-state index in [1.54, 1.807) is 0 Å². The van der Waals surface area contributed by atoms with Crippen LogP contribution in [0.25, 0.3) is 0 Å². The highest BCUT2D eigenvalue weighted by Crippen LogP contribution is 2.62. The molecule has 3 heteroatoms. The van der Waals surface area contributed by atoms with Crippen LogP contribution in [0.2, 0.25) is 0 Å². The summed E-state index contributed by atoms with van der Waals surface area (Å²) in [5.74, 6) is 0.221. The number of halogens is 1. The van der Waals surface area contributed by atoms with Gasteiger partial charge < -0.3 is 4.74 Å². The second-order valence-electron chi connectivity index (χ2n) is 6.15. The van der Waals surface area contributed by atoms with Crippen LogP contribution in [-0.4, -0.2) is 16.0 Å². The van der Waals surface area contributed by atoms with Crippen molar-refractivity contribution in [2.75, 3.05) is 4.43 Å². The van der Waals surface area contributed by atoms with Gasteiger partial charge in [0.25, 0.3) is 0 Å². The van der Waals surface area contributed by atoms with Gasteiger partial charge in [-0.25, -0.2) is 4.79 Å². The molecule has 0 spiro atoms. The summed E-state index contributed by atoms with van der Waals surface area (Å²) in [6.45, 7) is 14.6. The molecule has 0 aromatic heterocycles. The SMILES string of the molecule is C=CC(=O)OC1(C)CC(C)C(C)(C)C1(C)CI. The van der Waals surface area contributed by atoms with E-state index >= 15 is 0 Å². The smallest absolute Gasteiger partial charge is 0.330 e. The van der Waals surface area contributed by atoms with Crippen LogP contribution < -0.4 is 0 Å². The number of hydrogen-bond donors (Lipinski definition) is 0. The van der Waals surface area contributed by atoms with Crippen molar-refractivity contribution in [3.05, 3.63) is 12.7 Å². The molecule has 1 aliphatic rings. The number of carbonyl (C=O) groups excluding carboxylic acids is 1. The van der Waals surface area contributed by atoms with Gasteiger partial charge in [-0.3, -0.25) is 0 Å². The third kappa shape index (κ3) is 2.04. The van der Waals surface area contributed by atoms with Crippen LogP contribution in [-0.2, 0) is 9.53 Å². The average Bonchev–Trinajstić information content (AvgIpc) is 2.38. The summed E-state index contributed by atoms with van der Waals surface area (Å²) in [5.41, 5.74) is -0.259. The number of alkyl halides is 1. The van der Waals surface area contributed by atoms with E-state index in [4.69, 9.17) is 4.74 Å². The molecule has 0 bridgehead atoms. The van der Waals surface area contributed by atoms with Crippen LogP contribution in [0, 0.1) is 16.7 Å². The van der Waals surface area contributed by atoms with E-state index in [2.05, 4.69) is 63.8 Å². The Hall–Kier alpha value is -0.0600. The van der Waals surface area contributed by atoms with Crippen molar-refractivity contribution in [1.82, 2.24) is 0 Å².